The van der Waals surface area contributed by atoms with Crippen molar-refractivity contribution in [2.75, 3.05) is 70.1 Å². The van der Waals surface area contributed by atoms with Crippen molar-refractivity contribution in [1.29, 1.82) is 0 Å². The number of fused-ring (bicyclic) bond motifs is 1. The van der Waals surface area contributed by atoms with E-state index in [1.807, 2.05) is 31.3 Å². The monoisotopic (exact) mass is 450 g/mol. The van der Waals surface area contributed by atoms with Gasteiger partial charge in [-0.05, 0) is 50.2 Å². The zero-order valence-electron chi connectivity index (χ0n) is 19.7. The van der Waals surface area contributed by atoms with Gasteiger partial charge in [0, 0.05) is 51.9 Å². The molecule has 9 nitrogen and oxygen atoms in total. The second-order valence-electron chi connectivity index (χ2n) is 9.04. The molecular weight excluding hydrogens is 416 g/mol. The zero-order chi connectivity index (χ0) is 22.8. The molecule has 2 aliphatic heterocycles. The number of anilines is 2. The Morgan fingerprint density at radius 2 is 1.55 bits per heavy atom. The molecule has 0 atom stereocenters. The molecule has 0 aliphatic carbocycles. The molecule has 2 aliphatic rings. The molecule has 2 saturated heterocycles. The highest BCUT2D eigenvalue weighted by Gasteiger charge is 2.23. The van der Waals surface area contributed by atoms with Gasteiger partial charge in [-0.3, -0.25) is 9.58 Å². The van der Waals surface area contributed by atoms with E-state index >= 15 is 0 Å². The molecule has 1 aromatic carbocycles. The average molecular weight is 451 g/mol. The van der Waals surface area contributed by atoms with E-state index in [-0.39, 0.29) is 0 Å². The molecule has 3 aromatic rings. The summed E-state index contributed by atoms with van der Waals surface area (Å²) in [6.07, 6.45) is 4.09. The lowest BCUT2D eigenvalue weighted by Gasteiger charge is -2.36. The first-order valence-electron chi connectivity index (χ1n) is 12.0. The lowest BCUT2D eigenvalue weighted by Crippen LogP contribution is -2.49. The summed E-state index contributed by atoms with van der Waals surface area (Å²) in [5, 5.41) is 5.36. The minimum absolute atomic E-state index is 0.574. The van der Waals surface area contributed by atoms with Crippen molar-refractivity contribution in [2.45, 2.75) is 19.3 Å². The van der Waals surface area contributed by atoms with Crippen molar-refractivity contribution in [1.82, 2.24) is 29.5 Å². The lowest BCUT2D eigenvalue weighted by molar-refractivity contribution is 0.176. The summed E-state index contributed by atoms with van der Waals surface area (Å²) in [5.41, 5.74) is 8.77. The van der Waals surface area contributed by atoms with Crippen LogP contribution >= 0.6 is 0 Å². The maximum atomic E-state index is 6.35. The summed E-state index contributed by atoms with van der Waals surface area (Å²) < 4.78 is 6.99. The van der Waals surface area contributed by atoms with Crippen LogP contribution in [0.15, 0.2) is 24.3 Å². The number of hydrogen-bond acceptors (Lipinski definition) is 8. The van der Waals surface area contributed by atoms with E-state index in [1.54, 1.807) is 11.8 Å². The number of aryl methyl sites for hydroxylation is 1. The van der Waals surface area contributed by atoms with Gasteiger partial charge in [0.05, 0.1) is 18.2 Å². The summed E-state index contributed by atoms with van der Waals surface area (Å²) in [4.78, 5) is 17.2. The van der Waals surface area contributed by atoms with E-state index in [2.05, 4.69) is 19.8 Å². The van der Waals surface area contributed by atoms with Gasteiger partial charge in [0.1, 0.15) is 11.6 Å². The summed E-state index contributed by atoms with van der Waals surface area (Å²) in [6, 6.07) is 7.90. The van der Waals surface area contributed by atoms with Gasteiger partial charge in [0.2, 0.25) is 5.95 Å². The van der Waals surface area contributed by atoms with Crippen molar-refractivity contribution in [3.63, 3.8) is 0 Å². The number of nitrogens with two attached hydrogens (primary N) is 1. The molecule has 0 radical (unpaired) electrons. The molecule has 0 spiro atoms. The first-order chi connectivity index (χ1) is 16.1. The van der Waals surface area contributed by atoms with Gasteiger partial charge in [-0.2, -0.15) is 10.1 Å². The Hall–Kier alpha value is -2.91. The van der Waals surface area contributed by atoms with Gasteiger partial charge >= 0.3 is 0 Å². The van der Waals surface area contributed by atoms with E-state index in [1.165, 1.54) is 38.9 Å². The smallest absolute Gasteiger partial charge is 0.228 e. The van der Waals surface area contributed by atoms with E-state index in [4.69, 9.17) is 20.4 Å². The number of nitrogens with zero attached hydrogens (tertiary/aromatic N) is 7. The largest absolute Gasteiger partial charge is 0.497 e. The fraction of sp³-hybridized carbons (Fsp3) is 0.542. The van der Waals surface area contributed by atoms with Crippen LogP contribution < -0.4 is 15.4 Å². The number of benzene rings is 1. The second kappa shape index (κ2) is 9.52. The SMILES string of the molecule is COc1ccc(-c2nc(N3CCN(CCN4CCCCC4)CC3)nc3nn(C)c(N)c23)cc1. The number of methoxy groups -OCH3 is 1. The normalized spacial score (nSPS) is 18.2. The van der Waals surface area contributed by atoms with Crippen molar-refractivity contribution < 1.29 is 4.74 Å². The maximum Gasteiger partial charge on any atom is 0.228 e. The Labute approximate surface area is 195 Å². The average Bonchev–Trinajstić information content (AvgIpc) is 3.16. The number of nitrogen functional groups attached to an aromatic ring is 1. The first kappa shape index (κ1) is 21.9. The van der Waals surface area contributed by atoms with Crippen LogP contribution in [-0.4, -0.2) is 89.0 Å². The minimum Gasteiger partial charge on any atom is -0.497 e. The highest BCUT2D eigenvalue weighted by atomic mass is 16.5. The van der Waals surface area contributed by atoms with Gasteiger partial charge in [0.15, 0.2) is 5.65 Å². The van der Waals surface area contributed by atoms with Crippen molar-refractivity contribution >= 4 is 22.8 Å². The summed E-state index contributed by atoms with van der Waals surface area (Å²) in [5.74, 6) is 2.11. The van der Waals surface area contributed by atoms with Crippen LogP contribution in [-0.2, 0) is 7.05 Å². The predicted molar refractivity (Wildman–Crippen MR) is 132 cm³/mol. The summed E-state index contributed by atoms with van der Waals surface area (Å²) in [7, 11) is 3.51. The van der Waals surface area contributed by atoms with Crippen LogP contribution in [0.1, 0.15) is 19.3 Å². The van der Waals surface area contributed by atoms with Crippen molar-refractivity contribution in [3.05, 3.63) is 24.3 Å². The van der Waals surface area contributed by atoms with Crippen LogP contribution in [0.5, 0.6) is 5.75 Å². The quantitative estimate of drug-likeness (QED) is 0.612. The maximum absolute atomic E-state index is 6.35. The Balaban J connectivity index is 1.34. The third-order valence-electron chi connectivity index (χ3n) is 6.93. The highest BCUT2D eigenvalue weighted by Crippen LogP contribution is 2.32. The number of piperidine rings is 1. The molecule has 0 saturated carbocycles. The lowest BCUT2D eigenvalue weighted by atomic mass is 10.1. The summed E-state index contributed by atoms with van der Waals surface area (Å²) >= 11 is 0. The molecule has 0 unspecified atom stereocenters. The van der Waals surface area contributed by atoms with E-state index < -0.39 is 0 Å². The molecule has 33 heavy (non-hydrogen) atoms. The van der Waals surface area contributed by atoms with E-state index in [0.29, 0.717) is 11.5 Å². The van der Waals surface area contributed by atoms with E-state index in [0.717, 1.165) is 61.1 Å². The van der Waals surface area contributed by atoms with Crippen LogP contribution in [0.25, 0.3) is 22.3 Å². The Bertz CT molecular complexity index is 1080. The van der Waals surface area contributed by atoms with Crippen LogP contribution in [0.4, 0.5) is 11.8 Å². The fourth-order valence-electron chi connectivity index (χ4n) is 4.84. The van der Waals surface area contributed by atoms with Gasteiger partial charge in [-0.25, -0.2) is 4.98 Å². The number of ether oxygens (including phenoxy) is 1. The molecule has 5 rings (SSSR count). The zero-order valence-corrected chi connectivity index (χ0v) is 19.7. The van der Waals surface area contributed by atoms with Gasteiger partial charge in [-0.1, -0.05) is 6.42 Å². The van der Waals surface area contributed by atoms with Crippen LogP contribution in [0.2, 0.25) is 0 Å². The van der Waals surface area contributed by atoms with Crippen LogP contribution in [0.3, 0.4) is 0 Å². The van der Waals surface area contributed by atoms with Gasteiger partial charge in [-0.15, -0.1) is 0 Å². The van der Waals surface area contributed by atoms with Gasteiger partial charge < -0.3 is 20.3 Å². The molecule has 2 N–H and O–H groups in total. The highest BCUT2D eigenvalue weighted by molar-refractivity contribution is 5.98. The number of likely N-dealkylation sites (tertiary alicyclic amines) is 1. The number of hydrogen-bond donors (Lipinski definition) is 1. The third kappa shape index (κ3) is 4.60. The molecule has 0 bridgehead atoms. The third-order valence-corrected chi connectivity index (χ3v) is 6.93. The summed E-state index contributed by atoms with van der Waals surface area (Å²) in [6.45, 7) is 8.71. The molecule has 4 heterocycles. The molecular formula is C24H34N8O. The molecule has 9 heteroatoms. The van der Waals surface area contributed by atoms with Crippen molar-refractivity contribution in [2.24, 2.45) is 7.05 Å². The standard InChI is InChI=1S/C24H34N8O/c1-29-22(25)20-21(18-6-8-19(33-2)9-7-18)26-24(27-23(20)28-29)32-16-14-31(15-17-32)13-12-30-10-4-3-5-11-30/h6-9H,3-5,10-17,25H2,1-2H3. The molecule has 176 valence electrons. The topological polar surface area (TPSA) is 88.6 Å². The first-order valence-corrected chi connectivity index (χ1v) is 12.0. The Morgan fingerprint density at radius 1 is 0.879 bits per heavy atom. The molecule has 2 aromatic heterocycles. The van der Waals surface area contributed by atoms with E-state index in [9.17, 15) is 0 Å². The Morgan fingerprint density at radius 3 is 2.21 bits per heavy atom. The number of rotatable bonds is 6. The predicted octanol–water partition coefficient (Wildman–Crippen LogP) is 2.23. The minimum atomic E-state index is 0.574. The molecule has 2 fully saturated rings. The fourth-order valence-corrected chi connectivity index (χ4v) is 4.84. The number of piperazine rings is 1. The van der Waals surface area contributed by atoms with Crippen LogP contribution in [0, 0.1) is 0 Å². The van der Waals surface area contributed by atoms with Crippen molar-refractivity contribution in [3.8, 4) is 17.0 Å². The second-order valence-corrected chi connectivity index (χ2v) is 9.04. The van der Waals surface area contributed by atoms with Gasteiger partial charge in [0.25, 0.3) is 0 Å². The number of aromatic nitrogens is 4. The molecule has 0 amide bonds. The Kier molecular flexibility index (Phi) is 6.32.